The third kappa shape index (κ3) is 8.24. The fourth-order valence-electron chi connectivity index (χ4n) is 4.19. The molecule has 0 saturated carbocycles. The minimum atomic E-state index is -1.23. The van der Waals surface area contributed by atoms with Gasteiger partial charge in [0.1, 0.15) is 12.6 Å². The normalized spacial score (nSPS) is 17.3. The number of Topliss-reactive ketones (excluding diaryl/α,β-unsaturated/α-hetero) is 1. The molecule has 0 bridgehead atoms. The number of hydrogen-bond donors (Lipinski definition) is 3. The second kappa shape index (κ2) is 13.3. The van der Waals surface area contributed by atoms with Crippen LogP contribution in [0.2, 0.25) is 0 Å². The van der Waals surface area contributed by atoms with Crippen LogP contribution in [0.1, 0.15) is 23.1 Å². The minimum Gasteiger partial charge on any atom is -0.479 e. The monoisotopic (exact) mass is 530 g/mol. The number of carbonyl (C=O) groups excluding carboxylic acids is 3. The number of carboxylic acids is 1. The Morgan fingerprint density at radius 3 is 1.87 bits per heavy atom. The second-order valence-electron chi connectivity index (χ2n) is 9.25. The van der Waals surface area contributed by atoms with E-state index in [1.807, 2.05) is 91.0 Å². The van der Waals surface area contributed by atoms with Gasteiger partial charge in [-0.05, 0) is 29.5 Å². The Labute approximate surface area is 226 Å². The first kappa shape index (κ1) is 27.5. The third-order valence-electron chi connectivity index (χ3n) is 6.34. The first-order valence-electron chi connectivity index (χ1n) is 12.7. The van der Waals surface area contributed by atoms with Gasteiger partial charge in [0.25, 0.3) is 0 Å². The number of epoxide rings is 1. The molecule has 0 aliphatic carbocycles. The molecule has 39 heavy (non-hydrogen) atoms. The van der Waals surface area contributed by atoms with Crippen LogP contribution in [0, 0.1) is 0 Å². The summed E-state index contributed by atoms with van der Waals surface area (Å²) in [4.78, 5) is 50.5. The van der Waals surface area contributed by atoms with Crippen LogP contribution in [0.15, 0.2) is 91.0 Å². The van der Waals surface area contributed by atoms with E-state index in [-0.39, 0.29) is 19.4 Å². The minimum absolute atomic E-state index is 0.0279. The van der Waals surface area contributed by atoms with Gasteiger partial charge in [-0.15, -0.1) is 0 Å². The van der Waals surface area contributed by atoms with Crippen molar-refractivity contribution in [3.63, 3.8) is 0 Å². The number of aliphatic carboxylic acids is 1. The average Bonchev–Trinajstić information content (AvgIpc) is 3.77. The molecule has 0 aromatic heterocycles. The summed E-state index contributed by atoms with van der Waals surface area (Å²) in [5.41, 5.74) is 2.55. The van der Waals surface area contributed by atoms with E-state index < -0.39 is 48.0 Å². The highest BCUT2D eigenvalue weighted by Crippen LogP contribution is 2.25. The number of amides is 2. The second-order valence-corrected chi connectivity index (χ2v) is 9.25. The summed E-state index contributed by atoms with van der Waals surface area (Å²) in [6.07, 6.45) is -2.27. The van der Waals surface area contributed by atoms with Crippen LogP contribution in [0.3, 0.4) is 0 Å². The SMILES string of the molecule is O=C(N[C@@H](Cc1ccccc1)C(=O)N[C@@H](CCc1ccccc1)C(=O)[C@@H]1O[C@H]1C(=O)O)OCc1ccccc1. The van der Waals surface area contributed by atoms with E-state index in [0.717, 1.165) is 16.7 Å². The lowest BCUT2D eigenvalue weighted by molar-refractivity contribution is -0.138. The molecule has 3 N–H and O–H groups in total. The lowest BCUT2D eigenvalue weighted by Crippen LogP contribution is -2.53. The molecule has 3 aromatic carbocycles. The molecular formula is C30H30N2O7. The Morgan fingerprint density at radius 2 is 1.31 bits per heavy atom. The molecule has 0 spiro atoms. The number of hydrogen-bond acceptors (Lipinski definition) is 6. The summed E-state index contributed by atoms with van der Waals surface area (Å²) < 4.78 is 10.4. The van der Waals surface area contributed by atoms with Crippen molar-refractivity contribution >= 4 is 23.8 Å². The number of carboxylic acid groups (broad SMARTS) is 1. The Bertz CT molecular complexity index is 1270. The van der Waals surface area contributed by atoms with Gasteiger partial charge in [0.2, 0.25) is 5.91 Å². The predicted octanol–water partition coefficient (Wildman–Crippen LogP) is 3.06. The van der Waals surface area contributed by atoms with Crippen LogP contribution >= 0.6 is 0 Å². The fourth-order valence-corrected chi connectivity index (χ4v) is 4.19. The topological polar surface area (TPSA) is 134 Å². The van der Waals surface area contributed by atoms with Crippen molar-refractivity contribution < 1.29 is 33.8 Å². The van der Waals surface area contributed by atoms with Gasteiger partial charge in [-0.3, -0.25) is 9.59 Å². The number of nitrogens with one attached hydrogen (secondary N) is 2. The van der Waals surface area contributed by atoms with Crippen LogP contribution in [0.25, 0.3) is 0 Å². The summed E-state index contributed by atoms with van der Waals surface area (Å²) in [5.74, 6) is -2.34. The molecule has 1 aliphatic rings. The zero-order valence-corrected chi connectivity index (χ0v) is 21.2. The summed E-state index contributed by atoms with van der Waals surface area (Å²) in [7, 11) is 0. The lowest BCUT2D eigenvalue weighted by atomic mass is 9.98. The summed E-state index contributed by atoms with van der Waals surface area (Å²) in [6, 6.07) is 25.6. The molecule has 1 heterocycles. The Balaban J connectivity index is 1.46. The number of benzene rings is 3. The summed E-state index contributed by atoms with van der Waals surface area (Å²) >= 11 is 0. The number of ether oxygens (including phenoxy) is 2. The molecule has 3 aromatic rings. The Hall–Kier alpha value is -4.50. The summed E-state index contributed by atoms with van der Waals surface area (Å²) in [6.45, 7) is 0.0279. The van der Waals surface area contributed by atoms with E-state index in [9.17, 15) is 24.3 Å². The van der Waals surface area contributed by atoms with E-state index in [1.54, 1.807) is 0 Å². The van der Waals surface area contributed by atoms with Crippen molar-refractivity contribution in [3.05, 3.63) is 108 Å². The molecule has 9 heteroatoms. The van der Waals surface area contributed by atoms with Crippen LogP contribution in [0.5, 0.6) is 0 Å². The quantitative estimate of drug-likeness (QED) is 0.289. The maximum Gasteiger partial charge on any atom is 0.408 e. The number of alkyl carbamates (subject to hydrolysis) is 1. The zero-order chi connectivity index (χ0) is 27.6. The molecule has 4 rings (SSSR count). The number of aryl methyl sites for hydroxylation is 1. The molecule has 9 nitrogen and oxygen atoms in total. The largest absolute Gasteiger partial charge is 0.479 e. The van der Waals surface area contributed by atoms with Gasteiger partial charge in [0.15, 0.2) is 18.0 Å². The molecular weight excluding hydrogens is 500 g/mol. The van der Waals surface area contributed by atoms with Crippen molar-refractivity contribution in [3.8, 4) is 0 Å². The van der Waals surface area contributed by atoms with Gasteiger partial charge in [0.05, 0.1) is 6.04 Å². The molecule has 4 atom stereocenters. The van der Waals surface area contributed by atoms with Gasteiger partial charge in [-0.1, -0.05) is 91.0 Å². The van der Waals surface area contributed by atoms with E-state index >= 15 is 0 Å². The maximum atomic E-state index is 13.5. The predicted molar refractivity (Wildman–Crippen MR) is 142 cm³/mol. The number of ketones is 1. The van der Waals surface area contributed by atoms with Crippen molar-refractivity contribution in [2.24, 2.45) is 0 Å². The van der Waals surface area contributed by atoms with Gasteiger partial charge in [-0.25, -0.2) is 9.59 Å². The molecule has 2 amide bonds. The van der Waals surface area contributed by atoms with Crippen LogP contribution in [-0.4, -0.2) is 53.2 Å². The van der Waals surface area contributed by atoms with E-state index in [0.29, 0.717) is 6.42 Å². The maximum absolute atomic E-state index is 13.5. The standard InChI is InChI=1S/C30H30N2O7/c33-25(26-27(39-26)29(35)36)23(17-16-20-10-4-1-5-11-20)31-28(34)24(18-21-12-6-2-7-13-21)32-30(37)38-19-22-14-8-3-9-15-22/h1-15,23-24,26-27H,16-19H2,(H,31,34)(H,32,37)(H,35,36)/t23-,24-,26-,27+/m0/s1. The molecule has 1 fully saturated rings. The Kier molecular flexibility index (Phi) is 9.42. The highest BCUT2D eigenvalue weighted by Gasteiger charge is 2.52. The first-order valence-corrected chi connectivity index (χ1v) is 12.7. The van der Waals surface area contributed by atoms with Crippen molar-refractivity contribution in [1.82, 2.24) is 10.6 Å². The van der Waals surface area contributed by atoms with E-state index in [1.165, 1.54) is 0 Å². The third-order valence-corrected chi connectivity index (χ3v) is 6.34. The van der Waals surface area contributed by atoms with Crippen molar-refractivity contribution in [2.75, 3.05) is 0 Å². The highest BCUT2D eigenvalue weighted by molar-refractivity contribution is 5.99. The van der Waals surface area contributed by atoms with Gasteiger partial charge >= 0.3 is 12.1 Å². The molecule has 1 aliphatic heterocycles. The molecule has 1 saturated heterocycles. The van der Waals surface area contributed by atoms with Crippen LogP contribution in [-0.2, 0) is 43.3 Å². The van der Waals surface area contributed by atoms with Gasteiger partial charge in [0, 0.05) is 6.42 Å². The smallest absolute Gasteiger partial charge is 0.408 e. The van der Waals surface area contributed by atoms with E-state index in [4.69, 9.17) is 9.47 Å². The molecule has 0 unspecified atom stereocenters. The molecule has 202 valence electrons. The van der Waals surface area contributed by atoms with Crippen molar-refractivity contribution in [1.29, 1.82) is 0 Å². The van der Waals surface area contributed by atoms with Crippen LogP contribution in [0.4, 0.5) is 4.79 Å². The Morgan fingerprint density at radius 1 is 0.744 bits per heavy atom. The van der Waals surface area contributed by atoms with Gasteiger partial charge < -0.3 is 25.2 Å². The average molecular weight is 531 g/mol. The highest BCUT2D eigenvalue weighted by atomic mass is 16.6. The van der Waals surface area contributed by atoms with Crippen LogP contribution < -0.4 is 10.6 Å². The lowest BCUT2D eigenvalue weighted by Gasteiger charge is -2.23. The van der Waals surface area contributed by atoms with E-state index in [2.05, 4.69) is 10.6 Å². The zero-order valence-electron chi connectivity index (χ0n) is 21.2. The van der Waals surface area contributed by atoms with Crippen molar-refractivity contribution in [2.45, 2.75) is 50.2 Å². The van der Waals surface area contributed by atoms with Gasteiger partial charge in [-0.2, -0.15) is 0 Å². The first-order chi connectivity index (χ1) is 18.9. The number of carbonyl (C=O) groups is 4. The number of rotatable bonds is 13. The fraction of sp³-hybridized carbons (Fsp3) is 0.267. The summed E-state index contributed by atoms with van der Waals surface area (Å²) in [5, 5.41) is 14.6. The molecule has 0 radical (unpaired) electrons.